The summed E-state index contributed by atoms with van der Waals surface area (Å²) in [6, 6.07) is 15.5. The zero-order chi connectivity index (χ0) is 19.2. The van der Waals surface area contributed by atoms with E-state index in [1.807, 2.05) is 24.3 Å². The predicted molar refractivity (Wildman–Crippen MR) is 115 cm³/mol. The van der Waals surface area contributed by atoms with Crippen LogP contribution >= 0.6 is 0 Å². The molecular weight excluding hydrogens is 332 g/mol. The number of hydrogen-bond acceptors (Lipinski definition) is 2. The Morgan fingerprint density at radius 3 is 1.56 bits per heavy atom. The van der Waals surface area contributed by atoms with E-state index in [0.717, 1.165) is 29.9 Å². The first-order valence-corrected chi connectivity index (χ1v) is 10.8. The van der Waals surface area contributed by atoms with E-state index in [4.69, 9.17) is 4.74 Å². The second kappa shape index (κ2) is 13.2. The molecule has 2 aromatic rings. The fourth-order valence-corrected chi connectivity index (χ4v) is 3.35. The number of aromatic hydroxyl groups is 1. The molecule has 2 nitrogen and oxygen atoms in total. The minimum absolute atomic E-state index is 0.297. The maximum atomic E-state index is 9.37. The van der Waals surface area contributed by atoms with Crippen LogP contribution in [0.5, 0.6) is 11.5 Å². The Hall–Kier alpha value is -1.96. The van der Waals surface area contributed by atoms with Gasteiger partial charge in [0.1, 0.15) is 11.5 Å². The van der Waals surface area contributed by atoms with E-state index in [0.29, 0.717) is 5.75 Å². The Labute approximate surface area is 165 Å². The van der Waals surface area contributed by atoms with Gasteiger partial charge < -0.3 is 9.84 Å². The molecule has 0 saturated carbocycles. The Balaban J connectivity index is 1.50. The van der Waals surface area contributed by atoms with Crippen molar-refractivity contribution in [2.75, 3.05) is 6.61 Å². The van der Waals surface area contributed by atoms with Gasteiger partial charge in [-0.3, -0.25) is 0 Å². The Bertz CT molecular complexity index is 601. The van der Waals surface area contributed by atoms with E-state index in [1.165, 1.54) is 64.2 Å². The Morgan fingerprint density at radius 1 is 0.593 bits per heavy atom. The zero-order valence-electron chi connectivity index (χ0n) is 17.0. The normalized spacial score (nSPS) is 10.9. The van der Waals surface area contributed by atoms with Crippen molar-refractivity contribution in [3.63, 3.8) is 0 Å². The monoisotopic (exact) mass is 368 g/mol. The van der Waals surface area contributed by atoms with Crippen LogP contribution in [0.3, 0.4) is 0 Å². The lowest BCUT2D eigenvalue weighted by Crippen LogP contribution is -1.97. The lowest BCUT2D eigenvalue weighted by atomic mass is 10.1. The first-order valence-electron chi connectivity index (χ1n) is 10.8. The summed E-state index contributed by atoms with van der Waals surface area (Å²) in [6.45, 7) is 3.08. The molecule has 0 aliphatic rings. The third kappa shape index (κ3) is 8.99. The van der Waals surface area contributed by atoms with Gasteiger partial charge in [0.2, 0.25) is 0 Å². The molecule has 0 aliphatic heterocycles. The van der Waals surface area contributed by atoms with Crippen LogP contribution in [0.15, 0.2) is 48.5 Å². The van der Waals surface area contributed by atoms with Crippen LogP contribution in [0.25, 0.3) is 11.1 Å². The van der Waals surface area contributed by atoms with E-state index in [-0.39, 0.29) is 0 Å². The summed E-state index contributed by atoms with van der Waals surface area (Å²) in [5, 5.41) is 9.37. The van der Waals surface area contributed by atoms with Gasteiger partial charge in [-0.2, -0.15) is 0 Å². The molecular formula is C25H36O2. The smallest absolute Gasteiger partial charge is 0.119 e. The molecule has 1 N–H and O–H groups in total. The van der Waals surface area contributed by atoms with Gasteiger partial charge in [-0.1, -0.05) is 95.4 Å². The van der Waals surface area contributed by atoms with Crippen LogP contribution in [-0.2, 0) is 0 Å². The number of phenols is 1. The van der Waals surface area contributed by atoms with Crippen molar-refractivity contribution in [2.24, 2.45) is 0 Å². The van der Waals surface area contributed by atoms with Crippen molar-refractivity contribution in [1.82, 2.24) is 0 Å². The number of ether oxygens (including phenoxy) is 1. The summed E-state index contributed by atoms with van der Waals surface area (Å²) in [4.78, 5) is 0. The molecule has 0 spiro atoms. The van der Waals surface area contributed by atoms with E-state index < -0.39 is 0 Å². The van der Waals surface area contributed by atoms with Crippen LogP contribution in [-0.4, -0.2) is 11.7 Å². The topological polar surface area (TPSA) is 29.5 Å². The number of hydrogen-bond donors (Lipinski definition) is 1. The van der Waals surface area contributed by atoms with E-state index in [2.05, 4.69) is 19.1 Å². The summed E-state index contributed by atoms with van der Waals surface area (Å²) < 4.78 is 5.86. The van der Waals surface area contributed by atoms with Crippen molar-refractivity contribution < 1.29 is 9.84 Å². The van der Waals surface area contributed by atoms with Crippen LogP contribution in [0.4, 0.5) is 0 Å². The van der Waals surface area contributed by atoms with Gasteiger partial charge in [0.15, 0.2) is 0 Å². The summed E-state index contributed by atoms with van der Waals surface area (Å²) in [7, 11) is 0. The molecule has 0 aromatic heterocycles. The molecule has 0 unspecified atom stereocenters. The maximum Gasteiger partial charge on any atom is 0.119 e. The Morgan fingerprint density at radius 2 is 1.04 bits per heavy atom. The predicted octanol–water partition coefficient (Wildman–Crippen LogP) is 7.75. The SMILES string of the molecule is CCCCCCCCCCCCCOc1ccc(-c2ccc(O)cc2)cc1. The lowest BCUT2D eigenvalue weighted by molar-refractivity contribution is 0.304. The molecule has 0 radical (unpaired) electrons. The highest BCUT2D eigenvalue weighted by Crippen LogP contribution is 2.24. The molecule has 2 heteroatoms. The number of benzene rings is 2. The third-order valence-electron chi connectivity index (χ3n) is 5.07. The van der Waals surface area contributed by atoms with Crippen LogP contribution in [0.2, 0.25) is 0 Å². The highest BCUT2D eigenvalue weighted by molar-refractivity contribution is 5.64. The summed E-state index contributed by atoms with van der Waals surface area (Å²) in [6.07, 6.45) is 14.9. The van der Waals surface area contributed by atoms with Crippen molar-refractivity contribution >= 4 is 0 Å². The molecule has 2 aromatic carbocycles. The standard InChI is InChI=1S/C25H36O2/c1-2-3-4-5-6-7-8-9-10-11-12-21-27-25-19-15-23(16-20-25)22-13-17-24(26)18-14-22/h13-20,26H,2-12,21H2,1H3. The lowest BCUT2D eigenvalue weighted by Gasteiger charge is -2.08. The van der Waals surface area contributed by atoms with Crippen LogP contribution in [0.1, 0.15) is 77.6 Å². The Kier molecular flexibility index (Phi) is 10.5. The first-order chi connectivity index (χ1) is 13.3. The fourth-order valence-electron chi connectivity index (χ4n) is 3.35. The van der Waals surface area contributed by atoms with Crippen molar-refractivity contribution in [3.8, 4) is 22.6 Å². The van der Waals surface area contributed by atoms with Crippen LogP contribution < -0.4 is 4.74 Å². The van der Waals surface area contributed by atoms with Gasteiger partial charge in [0, 0.05) is 0 Å². The zero-order valence-corrected chi connectivity index (χ0v) is 17.0. The molecule has 2 rings (SSSR count). The van der Waals surface area contributed by atoms with E-state index in [9.17, 15) is 5.11 Å². The van der Waals surface area contributed by atoms with Gasteiger partial charge in [0.25, 0.3) is 0 Å². The highest BCUT2D eigenvalue weighted by atomic mass is 16.5. The first kappa shape index (κ1) is 21.3. The third-order valence-corrected chi connectivity index (χ3v) is 5.07. The van der Waals surface area contributed by atoms with Crippen molar-refractivity contribution in [1.29, 1.82) is 0 Å². The van der Waals surface area contributed by atoms with Crippen molar-refractivity contribution in [3.05, 3.63) is 48.5 Å². The molecule has 0 saturated heterocycles. The molecule has 0 aliphatic carbocycles. The minimum Gasteiger partial charge on any atom is -0.508 e. The van der Waals surface area contributed by atoms with Crippen LogP contribution in [0, 0.1) is 0 Å². The van der Waals surface area contributed by atoms with Crippen molar-refractivity contribution in [2.45, 2.75) is 77.6 Å². The average molecular weight is 369 g/mol. The second-order valence-corrected chi connectivity index (χ2v) is 7.46. The number of unbranched alkanes of at least 4 members (excludes halogenated alkanes) is 10. The molecule has 148 valence electrons. The van der Waals surface area contributed by atoms with Gasteiger partial charge in [0.05, 0.1) is 6.61 Å². The second-order valence-electron chi connectivity index (χ2n) is 7.46. The molecule has 27 heavy (non-hydrogen) atoms. The summed E-state index contributed by atoms with van der Waals surface area (Å²) in [5.74, 6) is 1.23. The highest BCUT2D eigenvalue weighted by Gasteiger charge is 2.00. The quantitative estimate of drug-likeness (QED) is 0.345. The number of phenolic OH excluding ortho intramolecular Hbond substituents is 1. The maximum absolute atomic E-state index is 9.37. The van der Waals surface area contributed by atoms with Gasteiger partial charge in [-0.15, -0.1) is 0 Å². The summed E-state index contributed by atoms with van der Waals surface area (Å²) in [5.41, 5.74) is 2.24. The van der Waals surface area contributed by atoms with E-state index >= 15 is 0 Å². The molecule has 0 fully saturated rings. The molecule has 0 heterocycles. The fraction of sp³-hybridized carbons (Fsp3) is 0.520. The largest absolute Gasteiger partial charge is 0.508 e. The number of rotatable bonds is 14. The minimum atomic E-state index is 0.297. The molecule has 0 atom stereocenters. The van der Waals surface area contributed by atoms with Gasteiger partial charge in [-0.05, 0) is 41.8 Å². The average Bonchev–Trinajstić information content (AvgIpc) is 2.70. The molecule has 0 bridgehead atoms. The summed E-state index contributed by atoms with van der Waals surface area (Å²) >= 11 is 0. The molecule has 0 amide bonds. The van der Waals surface area contributed by atoms with Gasteiger partial charge >= 0.3 is 0 Å². The van der Waals surface area contributed by atoms with Gasteiger partial charge in [-0.25, -0.2) is 0 Å². The van der Waals surface area contributed by atoms with E-state index in [1.54, 1.807) is 12.1 Å².